The van der Waals surface area contributed by atoms with Gasteiger partial charge < -0.3 is 15.3 Å². The van der Waals surface area contributed by atoms with Gasteiger partial charge in [0.15, 0.2) is 5.58 Å². The van der Waals surface area contributed by atoms with E-state index in [2.05, 4.69) is 4.98 Å². The van der Waals surface area contributed by atoms with Crippen LogP contribution in [0.25, 0.3) is 11.1 Å². The Morgan fingerprint density at radius 1 is 1.47 bits per heavy atom. The van der Waals surface area contributed by atoms with Gasteiger partial charge in [0.2, 0.25) is 0 Å². The maximum Gasteiger partial charge on any atom is 0.256 e. The van der Waals surface area contributed by atoms with Crippen molar-refractivity contribution in [3.05, 3.63) is 18.2 Å². The van der Waals surface area contributed by atoms with Crippen LogP contribution < -0.4 is 5.73 Å². The number of nitrogens with zero attached hydrogens (tertiary/aromatic N) is 1. The minimum Gasteiger partial charge on any atom is -0.431 e. The van der Waals surface area contributed by atoms with Gasteiger partial charge in [-0.05, 0) is 38.5 Å². The number of rotatable bonds is 4. The Balaban J connectivity index is 2.05. The molecular weight excluding hydrogens is 236 g/mol. The summed E-state index contributed by atoms with van der Waals surface area (Å²) in [7, 11) is 0. The van der Waals surface area contributed by atoms with Crippen LogP contribution in [0, 0.1) is 0 Å². The molecule has 0 atom stereocenters. The molecule has 0 radical (unpaired) electrons. The monoisotopic (exact) mass is 252 g/mol. The van der Waals surface area contributed by atoms with E-state index in [9.17, 15) is 5.11 Å². The molecule has 0 aliphatic carbocycles. The van der Waals surface area contributed by atoms with E-state index in [1.54, 1.807) is 26.0 Å². The Labute approximate surface area is 104 Å². The zero-order valence-electron chi connectivity index (χ0n) is 9.93. The number of aliphatic hydroxyl groups is 1. The molecule has 1 aromatic carbocycles. The van der Waals surface area contributed by atoms with Gasteiger partial charge >= 0.3 is 0 Å². The summed E-state index contributed by atoms with van der Waals surface area (Å²) in [5, 5.41) is 10.2. The zero-order chi connectivity index (χ0) is 12.5. The van der Waals surface area contributed by atoms with E-state index in [1.165, 1.54) is 11.8 Å². The molecule has 92 valence electrons. The quantitative estimate of drug-likeness (QED) is 0.646. The molecule has 0 aliphatic rings. The van der Waals surface area contributed by atoms with Crippen LogP contribution in [0.4, 0.5) is 5.69 Å². The van der Waals surface area contributed by atoms with E-state index in [1.807, 2.05) is 6.07 Å². The summed E-state index contributed by atoms with van der Waals surface area (Å²) in [6, 6.07) is 5.40. The first-order chi connectivity index (χ1) is 7.94. The first kappa shape index (κ1) is 12.3. The van der Waals surface area contributed by atoms with Gasteiger partial charge in [-0.3, -0.25) is 0 Å². The van der Waals surface area contributed by atoms with Gasteiger partial charge in [0.1, 0.15) is 5.52 Å². The number of benzene rings is 1. The summed E-state index contributed by atoms with van der Waals surface area (Å²) in [5.74, 6) is 0.770. The van der Waals surface area contributed by atoms with Gasteiger partial charge in [0.25, 0.3) is 5.22 Å². The Kier molecular flexibility index (Phi) is 3.31. The first-order valence-corrected chi connectivity index (χ1v) is 6.44. The number of nitrogens with two attached hydrogens (primary N) is 1. The molecule has 4 nitrogen and oxygen atoms in total. The molecule has 5 heteroatoms. The van der Waals surface area contributed by atoms with E-state index in [4.69, 9.17) is 10.2 Å². The highest BCUT2D eigenvalue weighted by molar-refractivity contribution is 7.99. The lowest BCUT2D eigenvalue weighted by Gasteiger charge is -2.15. The fourth-order valence-electron chi connectivity index (χ4n) is 1.37. The number of nitrogen functional groups attached to an aromatic ring is 1. The van der Waals surface area contributed by atoms with Crippen LogP contribution in [0.3, 0.4) is 0 Å². The van der Waals surface area contributed by atoms with Gasteiger partial charge in [0.05, 0.1) is 5.60 Å². The van der Waals surface area contributed by atoms with Crippen LogP contribution in [0.1, 0.15) is 20.3 Å². The second-order valence-electron chi connectivity index (χ2n) is 4.62. The predicted octanol–water partition coefficient (Wildman–Crippen LogP) is 2.66. The highest BCUT2D eigenvalue weighted by Gasteiger charge is 2.13. The van der Waals surface area contributed by atoms with Crippen LogP contribution >= 0.6 is 11.8 Å². The lowest BCUT2D eigenvalue weighted by atomic mass is 10.1. The van der Waals surface area contributed by atoms with E-state index in [0.29, 0.717) is 17.3 Å². The zero-order valence-corrected chi connectivity index (χ0v) is 10.8. The van der Waals surface area contributed by atoms with Gasteiger partial charge in [-0.2, -0.15) is 0 Å². The van der Waals surface area contributed by atoms with Crippen LogP contribution in [0.5, 0.6) is 0 Å². The van der Waals surface area contributed by atoms with Crippen molar-refractivity contribution >= 4 is 28.5 Å². The molecule has 0 saturated heterocycles. The molecule has 3 N–H and O–H groups in total. The van der Waals surface area contributed by atoms with Crippen molar-refractivity contribution < 1.29 is 9.52 Å². The summed E-state index contributed by atoms with van der Waals surface area (Å²) < 4.78 is 5.55. The fraction of sp³-hybridized carbons (Fsp3) is 0.417. The van der Waals surface area contributed by atoms with Gasteiger partial charge in [0, 0.05) is 11.4 Å². The minimum absolute atomic E-state index is 0.620. The molecule has 2 rings (SSSR count). The molecule has 0 saturated carbocycles. The largest absolute Gasteiger partial charge is 0.431 e. The number of thioether (sulfide) groups is 1. The van der Waals surface area contributed by atoms with Crippen molar-refractivity contribution in [1.29, 1.82) is 0 Å². The van der Waals surface area contributed by atoms with Crippen molar-refractivity contribution in [1.82, 2.24) is 4.98 Å². The smallest absolute Gasteiger partial charge is 0.256 e. The van der Waals surface area contributed by atoms with Gasteiger partial charge in [-0.1, -0.05) is 11.8 Å². The third-order valence-corrected chi connectivity index (χ3v) is 3.16. The summed E-state index contributed by atoms with van der Waals surface area (Å²) in [6.45, 7) is 3.58. The second kappa shape index (κ2) is 4.58. The van der Waals surface area contributed by atoms with Crippen LogP contribution in [0.15, 0.2) is 27.8 Å². The number of fused-ring (bicyclic) bond motifs is 1. The maximum atomic E-state index is 9.59. The van der Waals surface area contributed by atoms with E-state index in [-0.39, 0.29) is 0 Å². The number of oxazole rings is 1. The van der Waals surface area contributed by atoms with Gasteiger partial charge in [-0.15, -0.1) is 0 Å². The average Bonchev–Trinajstić information content (AvgIpc) is 2.57. The highest BCUT2D eigenvalue weighted by Crippen LogP contribution is 2.26. The normalized spacial score (nSPS) is 12.2. The third kappa shape index (κ3) is 3.38. The van der Waals surface area contributed by atoms with Gasteiger partial charge in [-0.25, -0.2) is 4.98 Å². The average molecular weight is 252 g/mol. The fourth-order valence-corrected chi connectivity index (χ4v) is 2.46. The Hall–Kier alpha value is -1.20. The second-order valence-corrected chi connectivity index (χ2v) is 5.66. The standard InChI is InChI=1S/C12H16N2O2S/c1-12(2,15)5-6-17-11-14-9-7-8(13)3-4-10(9)16-11/h3-4,7,15H,5-6,13H2,1-2H3. The lowest BCUT2D eigenvalue weighted by molar-refractivity contribution is 0.0777. The third-order valence-electron chi connectivity index (χ3n) is 2.33. The molecule has 17 heavy (non-hydrogen) atoms. The molecule has 0 spiro atoms. The van der Waals surface area contributed by atoms with Crippen molar-refractivity contribution in [2.45, 2.75) is 31.1 Å². The SMILES string of the molecule is CC(C)(O)CCSc1nc2cc(N)ccc2o1. The Morgan fingerprint density at radius 2 is 2.24 bits per heavy atom. The molecule has 0 bridgehead atoms. The highest BCUT2D eigenvalue weighted by atomic mass is 32.2. The Bertz CT molecular complexity index is 517. The van der Waals surface area contributed by atoms with Crippen molar-refractivity contribution in [2.24, 2.45) is 0 Å². The topological polar surface area (TPSA) is 72.3 Å². The number of hydrogen-bond donors (Lipinski definition) is 2. The van der Waals surface area contributed by atoms with Crippen molar-refractivity contribution in [3.63, 3.8) is 0 Å². The van der Waals surface area contributed by atoms with E-state index >= 15 is 0 Å². The predicted molar refractivity (Wildman–Crippen MR) is 70.1 cm³/mol. The molecule has 0 aliphatic heterocycles. The molecular formula is C12H16N2O2S. The Morgan fingerprint density at radius 3 is 2.94 bits per heavy atom. The van der Waals surface area contributed by atoms with Crippen LogP contribution in [0.2, 0.25) is 0 Å². The molecule has 1 heterocycles. The minimum atomic E-state index is -0.649. The molecule has 0 unspecified atom stereocenters. The lowest BCUT2D eigenvalue weighted by Crippen LogP contribution is -2.18. The summed E-state index contributed by atoms with van der Waals surface area (Å²) >= 11 is 1.50. The van der Waals surface area contributed by atoms with Crippen molar-refractivity contribution in [2.75, 3.05) is 11.5 Å². The summed E-state index contributed by atoms with van der Waals surface area (Å²) in [5.41, 5.74) is 7.21. The summed E-state index contributed by atoms with van der Waals surface area (Å²) in [6.07, 6.45) is 0.693. The van der Waals surface area contributed by atoms with Crippen LogP contribution in [-0.2, 0) is 0 Å². The molecule has 0 amide bonds. The number of hydrogen-bond acceptors (Lipinski definition) is 5. The van der Waals surface area contributed by atoms with E-state index < -0.39 is 5.60 Å². The van der Waals surface area contributed by atoms with Crippen molar-refractivity contribution in [3.8, 4) is 0 Å². The van der Waals surface area contributed by atoms with Crippen LogP contribution in [-0.4, -0.2) is 21.4 Å². The summed E-state index contributed by atoms with van der Waals surface area (Å²) in [4.78, 5) is 4.33. The number of anilines is 1. The molecule has 0 fully saturated rings. The molecule has 1 aromatic heterocycles. The maximum absolute atomic E-state index is 9.59. The molecule has 2 aromatic rings. The first-order valence-electron chi connectivity index (χ1n) is 5.45. The van der Waals surface area contributed by atoms with E-state index in [0.717, 1.165) is 16.9 Å². The number of aromatic nitrogens is 1.